The van der Waals surface area contributed by atoms with E-state index >= 15 is 0 Å². The molecular weight excluding hydrogens is 226 g/mol. The molecule has 0 spiro atoms. The number of hydrogen-bond acceptors (Lipinski definition) is 6. The van der Waals surface area contributed by atoms with E-state index in [1.807, 2.05) is 0 Å². The molecule has 0 saturated carbocycles. The molecule has 0 unspecified atom stereocenters. The largest absolute Gasteiger partial charge is 0.528 e. The third kappa shape index (κ3) is 2.38. The number of hydroxylamine groups is 2. The van der Waals surface area contributed by atoms with Gasteiger partial charge >= 0.3 is 6.16 Å². The Balaban J connectivity index is 1.47. The lowest BCUT2D eigenvalue weighted by atomic mass is 10.0. The van der Waals surface area contributed by atoms with Gasteiger partial charge in [-0.1, -0.05) is 0 Å². The van der Waals surface area contributed by atoms with Crippen LogP contribution in [0.25, 0.3) is 0 Å². The molecule has 0 aromatic rings. The highest BCUT2D eigenvalue weighted by Crippen LogP contribution is 2.33. The number of rotatable bonds is 2. The summed E-state index contributed by atoms with van der Waals surface area (Å²) in [5.74, 6) is 0.168. The lowest BCUT2D eigenvalue weighted by molar-refractivity contribution is -0.123. The second kappa shape index (κ2) is 4.80. The summed E-state index contributed by atoms with van der Waals surface area (Å²) in [5, 5.41) is 1.65. The average molecular weight is 243 g/mol. The first-order valence-corrected chi connectivity index (χ1v) is 6.20. The van der Waals surface area contributed by atoms with Crippen LogP contribution in [0.2, 0.25) is 0 Å². The minimum atomic E-state index is -0.618. The van der Waals surface area contributed by atoms with Gasteiger partial charge in [-0.15, -0.1) is 5.06 Å². The van der Waals surface area contributed by atoms with Crippen LogP contribution in [-0.4, -0.2) is 49.9 Å². The van der Waals surface area contributed by atoms with Gasteiger partial charge in [-0.2, -0.15) is 0 Å². The van der Waals surface area contributed by atoms with E-state index in [2.05, 4.69) is 0 Å². The molecule has 17 heavy (non-hydrogen) atoms. The molecule has 0 bridgehead atoms. The summed E-state index contributed by atoms with van der Waals surface area (Å²) < 4.78 is 16.0. The van der Waals surface area contributed by atoms with Crippen LogP contribution in [0.5, 0.6) is 0 Å². The molecular formula is C11H17NO5. The first-order chi connectivity index (χ1) is 8.33. The molecule has 96 valence electrons. The number of carbonyl (C=O) groups is 1. The molecule has 0 radical (unpaired) electrons. The Labute approximate surface area is 99.7 Å². The molecule has 3 saturated heterocycles. The standard InChI is InChI=1S/C11H17NO5/c13-11(17-12-4-1-2-5-12)16-9-7-15-10-8(9)3-6-14-10/h8-10H,1-7H2/t8-,9-,10+/m0/s1. The minimum absolute atomic E-state index is 0.168. The van der Waals surface area contributed by atoms with E-state index in [0.29, 0.717) is 13.2 Å². The van der Waals surface area contributed by atoms with Gasteiger partial charge in [0.2, 0.25) is 0 Å². The van der Waals surface area contributed by atoms with Gasteiger partial charge in [-0.05, 0) is 19.3 Å². The first-order valence-electron chi connectivity index (χ1n) is 6.20. The van der Waals surface area contributed by atoms with Crippen molar-refractivity contribution in [2.24, 2.45) is 5.92 Å². The Bertz CT molecular complexity index is 292. The van der Waals surface area contributed by atoms with E-state index in [0.717, 1.165) is 32.4 Å². The van der Waals surface area contributed by atoms with Gasteiger partial charge in [-0.3, -0.25) is 0 Å². The molecule has 3 atom stereocenters. The lowest BCUT2D eigenvalue weighted by Gasteiger charge is -2.18. The summed E-state index contributed by atoms with van der Waals surface area (Å²) in [6.45, 7) is 2.68. The van der Waals surface area contributed by atoms with Gasteiger partial charge < -0.3 is 19.0 Å². The Morgan fingerprint density at radius 1 is 1.24 bits per heavy atom. The van der Waals surface area contributed by atoms with Crippen LogP contribution in [-0.2, 0) is 19.0 Å². The summed E-state index contributed by atoms with van der Waals surface area (Å²) >= 11 is 0. The van der Waals surface area contributed by atoms with Gasteiger partial charge in [0.1, 0.15) is 6.10 Å². The van der Waals surface area contributed by atoms with Crippen LogP contribution >= 0.6 is 0 Å². The smallest absolute Gasteiger partial charge is 0.427 e. The molecule has 6 nitrogen and oxygen atoms in total. The topological polar surface area (TPSA) is 57.2 Å². The Hall–Kier alpha value is -0.850. The molecule has 6 heteroatoms. The number of fused-ring (bicyclic) bond motifs is 1. The second-order valence-corrected chi connectivity index (χ2v) is 4.66. The van der Waals surface area contributed by atoms with Crippen LogP contribution in [0.15, 0.2) is 0 Å². The summed E-state index contributed by atoms with van der Waals surface area (Å²) in [7, 11) is 0. The van der Waals surface area contributed by atoms with Gasteiger partial charge in [-0.25, -0.2) is 4.79 Å². The summed E-state index contributed by atoms with van der Waals surface area (Å²) in [6.07, 6.45) is 1.98. The fourth-order valence-electron chi connectivity index (χ4n) is 2.58. The van der Waals surface area contributed by atoms with Crippen LogP contribution in [0, 0.1) is 5.92 Å². The van der Waals surface area contributed by atoms with Crippen LogP contribution < -0.4 is 0 Å². The highest BCUT2D eigenvalue weighted by atomic mass is 16.8. The van der Waals surface area contributed by atoms with Crippen molar-refractivity contribution in [1.82, 2.24) is 5.06 Å². The van der Waals surface area contributed by atoms with Crippen molar-refractivity contribution in [2.45, 2.75) is 31.7 Å². The Morgan fingerprint density at radius 3 is 2.88 bits per heavy atom. The van der Waals surface area contributed by atoms with Gasteiger partial charge in [0, 0.05) is 13.1 Å². The summed E-state index contributed by atoms with van der Waals surface area (Å²) in [5.41, 5.74) is 0. The zero-order chi connectivity index (χ0) is 11.7. The predicted octanol–water partition coefficient (Wildman–Crippen LogP) is 0.912. The summed E-state index contributed by atoms with van der Waals surface area (Å²) in [6, 6.07) is 0. The van der Waals surface area contributed by atoms with Crippen molar-refractivity contribution < 1.29 is 23.8 Å². The molecule has 0 amide bonds. The van der Waals surface area contributed by atoms with E-state index in [1.165, 1.54) is 0 Å². The van der Waals surface area contributed by atoms with Crippen LogP contribution in [0.4, 0.5) is 4.79 Å². The minimum Gasteiger partial charge on any atom is -0.427 e. The fraction of sp³-hybridized carbons (Fsp3) is 0.909. The molecule has 0 aliphatic carbocycles. The number of hydrogen-bond donors (Lipinski definition) is 0. The number of ether oxygens (including phenoxy) is 3. The third-order valence-electron chi connectivity index (χ3n) is 3.50. The normalized spacial score (nSPS) is 37.1. The van der Waals surface area contributed by atoms with Crippen molar-refractivity contribution in [3.8, 4) is 0 Å². The van der Waals surface area contributed by atoms with Crippen LogP contribution in [0.1, 0.15) is 19.3 Å². The van der Waals surface area contributed by atoms with E-state index in [4.69, 9.17) is 19.0 Å². The van der Waals surface area contributed by atoms with Crippen molar-refractivity contribution >= 4 is 6.16 Å². The van der Waals surface area contributed by atoms with Gasteiger partial charge in [0.15, 0.2) is 6.29 Å². The molecule has 3 aliphatic heterocycles. The molecule has 3 heterocycles. The zero-order valence-corrected chi connectivity index (χ0v) is 9.67. The average Bonchev–Trinajstić information content (AvgIpc) is 2.97. The van der Waals surface area contributed by atoms with E-state index in [-0.39, 0.29) is 18.3 Å². The van der Waals surface area contributed by atoms with Gasteiger partial charge in [0.25, 0.3) is 0 Å². The van der Waals surface area contributed by atoms with Crippen molar-refractivity contribution in [3.05, 3.63) is 0 Å². The monoisotopic (exact) mass is 243 g/mol. The lowest BCUT2D eigenvalue weighted by Crippen LogP contribution is -2.31. The highest BCUT2D eigenvalue weighted by molar-refractivity contribution is 5.59. The van der Waals surface area contributed by atoms with E-state index < -0.39 is 6.16 Å². The fourth-order valence-corrected chi connectivity index (χ4v) is 2.58. The van der Waals surface area contributed by atoms with Crippen molar-refractivity contribution in [1.29, 1.82) is 0 Å². The first kappa shape index (κ1) is 11.3. The maximum atomic E-state index is 11.6. The molecule has 3 fully saturated rings. The second-order valence-electron chi connectivity index (χ2n) is 4.66. The third-order valence-corrected chi connectivity index (χ3v) is 3.50. The molecule has 3 aliphatic rings. The Morgan fingerprint density at radius 2 is 2.06 bits per heavy atom. The predicted molar refractivity (Wildman–Crippen MR) is 56.0 cm³/mol. The van der Waals surface area contributed by atoms with E-state index in [1.54, 1.807) is 5.06 Å². The Kier molecular flexibility index (Phi) is 3.17. The number of carbonyl (C=O) groups excluding carboxylic acids is 1. The zero-order valence-electron chi connectivity index (χ0n) is 9.67. The van der Waals surface area contributed by atoms with E-state index in [9.17, 15) is 4.79 Å². The SMILES string of the molecule is O=C(O[C@H]1CO[C@H]2OCC[C@H]21)ON1CCCC1. The molecule has 0 N–H and O–H groups in total. The van der Waals surface area contributed by atoms with Gasteiger partial charge in [0.05, 0.1) is 19.1 Å². The maximum absolute atomic E-state index is 11.6. The highest BCUT2D eigenvalue weighted by Gasteiger charge is 2.44. The number of nitrogens with zero attached hydrogens (tertiary/aromatic N) is 1. The van der Waals surface area contributed by atoms with Crippen molar-refractivity contribution in [2.75, 3.05) is 26.3 Å². The quantitative estimate of drug-likeness (QED) is 0.672. The molecule has 3 rings (SSSR count). The molecule has 0 aromatic carbocycles. The van der Waals surface area contributed by atoms with Crippen molar-refractivity contribution in [3.63, 3.8) is 0 Å². The molecule has 0 aromatic heterocycles. The summed E-state index contributed by atoms with van der Waals surface area (Å²) in [4.78, 5) is 16.7. The van der Waals surface area contributed by atoms with Crippen LogP contribution in [0.3, 0.4) is 0 Å². The maximum Gasteiger partial charge on any atom is 0.528 e.